The Bertz CT molecular complexity index is 745. The Morgan fingerprint density at radius 2 is 2.17 bits per heavy atom. The van der Waals surface area contributed by atoms with Crippen molar-refractivity contribution in [3.8, 4) is 5.69 Å². The summed E-state index contributed by atoms with van der Waals surface area (Å²) in [6.45, 7) is 3.69. The highest BCUT2D eigenvalue weighted by molar-refractivity contribution is 9.10. The summed E-state index contributed by atoms with van der Waals surface area (Å²) < 4.78 is 2.42. The number of amides is 1. The number of benzene rings is 1. The van der Waals surface area contributed by atoms with Crippen LogP contribution in [0, 0.1) is 6.92 Å². The van der Waals surface area contributed by atoms with Crippen LogP contribution in [0.15, 0.2) is 28.7 Å². The van der Waals surface area contributed by atoms with Gasteiger partial charge in [-0.15, -0.1) is 5.10 Å². The van der Waals surface area contributed by atoms with E-state index in [2.05, 4.69) is 31.6 Å². The van der Waals surface area contributed by atoms with Crippen molar-refractivity contribution in [3.05, 3.63) is 40.1 Å². The SMILES string of the molecule is CCCCC(NC(=O)c1nnn(-c2cccc(Br)c2)c1C)C(=O)O. The minimum absolute atomic E-state index is 0.123. The summed E-state index contributed by atoms with van der Waals surface area (Å²) in [6.07, 6.45) is 1.97. The molecule has 0 bridgehead atoms. The fourth-order valence-corrected chi connectivity index (χ4v) is 2.67. The van der Waals surface area contributed by atoms with Crippen LogP contribution in [0.3, 0.4) is 0 Å². The molecule has 1 unspecified atom stereocenters. The van der Waals surface area contributed by atoms with E-state index < -0.39 is 17.9 Å². The third-order valence-electron chi connectivity index (χ3n) is 3.61. The molecule has 1 aromatic heterocycles. The maximum atomic E-state index is 12.4. The summed E-state index contributed by atoms with van der Waals surface area (Å²) in [5.41, 5.74) is 1.43. The van der Waals surface area contributed by atoms with E-state index in [1.165, 1.54) is 0 Å². The van der Waals surface area contributed by atoms with Crippen LogP contribution in [0.4, 0.5) is 0 Å². The lowest BCUT2D eigenvalue weighted by Gasteiger charge is -2.13. The topological polar surface area (TPSA) is 97.1 Å². The lowest BCUT2D eigenvalue weighted by molar-refractivity contribution is -0.139. The molecule has 0 aliphatic carbocycles. The smallest absolute Gasteiger partial charge is 0.326 e. The van der Waals surface area contributed by atoms with E-state index in [4.69, 9.17) is 0 Å². The number of carbonyl (C=O) groups excluding carboxylic acids is 1. The second-order valence-corrected chi connectivity index (χ2v) is 6.34. The van der Waals surface area contributed by atoms with Crippen molar-refractivity contribution < 1.29 is 14.7 Å². The van der Waals surface area contributed by atoms with E-state index in [1.807, 2.05) is 31.2 Å². The average Bonchev–Trinajstić information content (AvgIpc) is 2.92. The van der Waals surface area contributed by atoms with Crippen LogP contribution in [0.2, 0.25) is 0 Å². The standard InChI is InChI=1S/C16H19BrN4O3/c1-3-4-8-13(16(23)24)18-15(22)14-10(2)21(20-19-14)12-7-5-6-11(17)9-12/h5-7,9,13H,3-4,8H2,1-2H3,(H,18,22)(H,23,24). The summed E-state index contributed by atoms with van der Waals surface area (Å²) in [6, 6.07) is 6.51. The van der Waals surface area contributed by atoms with Gasteiger partial charge in [-0.1, -0.05) is 47.0 Å². The van der Waals surface area contributed by atoms with Gasteiger partial charge in [-0.3, -0.25) is 4.79 Å². The molecule has 2 rings (SSSR count). The Labute approximate surface area is 148 Å². The van der Waals surface area contributed by atoms with Gasteiger partial charge in [0.2, 0.25) is 0 Å². The monoisotopic (exact) mass is 394 g/mol. The molecule has 1 aromatic carbocycles. The molecule has 2 N–H and O–H groups in total. The first-order valence-corrected chi connectivity index (χ1v) is 8.45. The minimum atomic E-state index is -1.05. The van der Waals surface area contributed by atoms with Gasteiger partial charge in [0.05, 0.1) is 11.4 Å². The van der Waals surface area contributed by atoms with E-state index in [0.29, 0.717) is 12.1 Å². The molecular weight excluding hydrogens is 376 g/mol. The summed E-state index contributed by atoms with van der Waals surface area (Å²) >= 11 is 3.39. The van der Waals surface area contributed by atoms with Crippen LogP contribution in [0.1, 0.15) is 42.4 Å². The van der Waals surface area contributed by atoms with Gasteiger partial charge in [0.1, 0.15) is 6.04 Å². The zero-order valence-electron chi connectivity index (χ0n) is 13.5. The molecule has 0 saturated heterocycles. The number of nitrogens with zero attached hydrogens (tertiary/aromatic N) is 3. The molecule has 1 atom stereocenters. The average molecular weight is 395 g/mol. The number of aliphatic carboxylic acids is 1. The van der Waals surface area contributed by atoms with Crippen molar-refractivity contribution in [1.29, 1.82) is 0 Å². The van der Waals surface area contributed by atoms with Gasteiger partial charge in [-0.2, -0.15) is 0 Å². The molecule has 1 amide bonds. The largest absolute Gasteiger partial charge is 0.480 e. The van der Waals surface area contributed by atoms with Gasteiger partial charge < -0.3 is 10.4 Å². The van der Waals surface area contributed by atoms with Crippen molar-refractivity contribution in [1.82, 2.24) is 20.3 Å². The maximum Gasteiger partial charge on any atom is 0.326 e. The molecule has 0 saturated carbocycles. The van der Waals surface area contributed by atoms with Gasteiger partial charge in [0, 0.05) is 4.47 Å². The van der Waals surface area contributed by atoms with Crippen LogP contribution in [0.25, 0.3) is 5.69 Å². The molecule has 24 heavy (non-hydrogen) atoms. The number of hydrogen-bond donors (Lipinski definition) is 2. The van der Waals surface area contributed by atoms with Gasteiger partial charge in [0.15, 0.2) is 5.69 Å². The highest BCUT2D eigenvalue weighted by Gasteiger charge is 2.24. The number of aromatic nitrogens is 3. The first-order chi connectivity index (χ1) is 11.4. The third-order valence-corrected chi connectivity index (χ3v) is 4.11. The minimum Gasteiger partial charge on any atom is -0.480 e. The first-order valence-electron chi connectivity index (χ1n) is 7.66. The van der Waals surface area contributed by atoms with Gasteiger partial charge in [0.25, 0.3) is 5.91 Å². The Morgan fingerprint density at radius 1 is 1.42 bits per heavy atom. The number of carbonyl (C=O) groups is 2. The molecule has 7 nitrogen and oxygen atoms in total. The highest BCUT2D eigenvalue weighted by atomic mass is 79.9. The highest BCUT2D eigenvalue weighted by Crippen LogP contribution is 2.17. The molecule has 0 fully saturated rings. The second kappa shape index (κ2) is 8.05. The normalized spacial score (nSPS) is 12.0. The Kier molecular flexibility index (Phi) is 6.08. The van der Waals surface area contributed by atoms with Crippen molar-refractivity contribution in [2.24, 2.45) is 0 Å². The number of hydrogen-bond acceptors (Lipinski definition) is 4. The summed E-state index contributed by atoms with van der Waals surface area (Å²) in [4.78, 5) is 23.6. The van der Waals surface area contributed by atoms with E-state index in [-0.39, 0.29) is 5.69 Å². The quantitative estimate of drug-likeness (QED) is 0.752. The second-order valence-electron chi connectivity index (χ2n) is 5.42. The molecule has 0 aliphatic rings. The number of unbranched alkanes of at least 4 members (excludes halogenated alkanes) is 1. The van der Waals surface area contributed by atoms with Crippen LogP contribution in [-0.4, -0.2) is 38.0 Å². The molecule has 0 spiro atoms. The maximum absolute atomic E-state index is 12.4. The van der Waals surface area contributed by atoms with Crippen LogP contribution >= 0.6 is 15.9 Å². The molecule has 2 aromatic rings. The molecule has 1 heterocycles. The van der Waals surface area contributed by atoms with Gasteiger partial charge >= 0.3 is 5.97 Å². The molecule has 0 aliphatic heterocycles. The van der Waals surface area contributed by atoms with Gasteiger partial charge in [-0.25, -0.2) is 9.48 Å². The fraction of sp³-hybridized carbons (Fsp3) is 0.375. The number of carboxylic acids is 1. The summed E-state index contributed by atoms with van der Waals surface area (Å²) in [7, 11) is 0. The van der Waals surface area contributed by atoms with Crippen LogP contribution in [0.5, 0.6) is 0 Å². The molecule has 128 valence electrons. The van der Waals surface area contributed by atoms with Crippen molar-refractivity contribution >= 4 is 27.8 Å². The zero-order valence-corrected chi connectivity index (χ0v) is 15.1. The summed E-state index contributed by atoms with van der Waals surface area (Å²) in [5, 5.41) is 19.6. The predicted octanol–water partition coefficient (Wildman–Crippen LogP) is 2.71. The Morgan fingerprint density at radius 3 is 2.79 bits per heavy atom. The van der Waals surface area contributed by atoms with E-state index in [9.17, 15) is 14.7 Å². The van der Waals surface area contributed by atoms with Crippen LogP contribution < -0.4 is 5.32 Å². The number of carboxylic acid groups (broad SMARTS) is 1. The predicted molar refractivity (Wildman–Crippen MR) is 92.2 cm³/mol. The van der Waals surface area contributed by atoms with Crippen molar-refractivity contribution in [3.63, 3.8) is 0 Å². The fourth-order valence-electron chi connectivity index (χ4n) is 2.28. The summed E-state index contributed by atoms with van der Waals surface area (Å²) in [5.74, 6) is -1.58. The van der Waals surface area contributed by atoms with E-state index in [1.54, 1.807) is 11.6 Å². The first kappa shape index (κ1) is 18.1. The van der Waals surface area contributed by atoms with Crippen LogP contribution in [-0.2, 0) is 4.79 Å². The van der Waals surface area contributed by atoms with Crippen molar-refractivity contribution in [2.45, 2.75) is 39.2 Å². The lowest BCUT2D eigenvalue weighted by Crippen LogP contribution is -2.41. The number of nitrogens with one attached hydrogen (secondary N) is 1. The third kappa shape index (κ3) is 4.19. The molecule has 0 radical (unpaired) electrons. The zero-order chi connectivity index (χ0) is 17.7. The van der Waals surface area contributed by atoms with Crippen molar-refractivity contribution in [2.75, 3.05) is 0 Å². The number of halogens is 1. The molecule has 8 heteroatoms. The van der Waals surface area contributed by atoms with E-state index in [0.717, 1.165) is 23.0 Å². The lowest BCUT2D eigenvalue weighted by atomic mass is 10.1. The van der Waals surface area contributed by atoms with Gasteiger partial charge in [-0.05, 0) is 31.5 Å². The number of rotatable bonds is 7. The Hall–Kier alpha value is -2.22. The Balaban J connectivity index is 2.20. The molecular formula is C16H19BrN4O3. The van der Waals surface area contributed by atoms with E-state index >= 15 is 0 Å².